The molecule has 0 unspecified atom stereocenters. The van der Waals surface area contributed by atoms with Crippen LogP contribution in [0.3, 0.4) is 0 Å². The first-order chi connectivity index (χ1) is 10.1. The predicted octanol–water partition coefficient (Wildman–Crippen LogP) is 4.74. The first-order valence-electron chi connectivity index (χ1n) is 6.52. The number of benzene rings is 1. The highest BCUT2D eigenvalue weighted by molar-refractivity contribution is 7.17. The number of hydrogen-bond acceptors (Lipinski definition) is 4. The number of thiazole rings is 1. The molecule has 0 saturated heterocycles. The van der Waals surface area contributed by atoms with Gasteiger partial charge in [-0.25, -0.2) is 4.98 Å². The Morgan fingerprint density at radius 3 is 2.71 bits per heavy atom. The van der Waals surface area contributed by atoms with E-state index in [1.807, 2.05) is 54.9 Å². The second kappa shape index (κ2) is 5.79. The van der Waals surface area contributed by atoms with Crippen LogP contribution in [0.1, 0.15) is 20.9 Å². The summed E-state index contributed by atoms with van der Waals surface area (Å²) in [5, 5.41) is 7.91. The van der Waals surface area contributed by atoms with Crippen molar-refractivity contribution in [3.63, 3.8) is 0 Å². The summed E-state index contributed by atoms with van der Waals surface area (Å²) in [4.78, 5) is 17.6. The highest BCUT2D eigenvalue weighted by Gasteiger charge is 2.17. The standard InChI is InChI=1S/C16H14N2OS2/c1-10-5-3-4-6-13(10)18-15(19)14-11(2)17-16(21-14)12-7-8-20-9-12/h3-9H,1-2H3,(H,18,19). The minimum atomic E-state index is -0.0965. The second-order valence-electron chi connectivity index (χ2n) is 4.71. The Kier molecular flexibility index (Phi) is 3.86. The lowest BCUT2D eigenvalue weighted by atomic mass is 10.2. The predicted molar refractivity (Wildman–Crippen MR) is 89.3 cm³/mol. The molecule has 1 N–H and O–H groups in total. The van der Waals surface area contributed by atoms with Crippen molar-refractivity contribution in [1.29, 1.82) is 0 Å². The molecule has 3 nitrogen and oxygen atoms in total. The first-order valence-corrected chi connectivity index (χ1v) is 8.28. The number of nitrogens with zero attached hydrogens (tertiary/aromatic N) is 1. The van der Waals surface area contributed by atoms with Gasteiger partial charge < -0.3 is 5.32 Å². The Bertz CT molecular complexity index is 775. The average molecular weight is 314 g/mol. The smallest absolute Gasteiger partial charge is 0.267 e. The molecule has 0 aliphatic rings. The van der Waals surface area contributed by atoms with E-state index >= 15 is 0 Å². The van der Waals surface area contributed by atoms with E-state index in [1.165, 1.54) is 11.3 Å². The number of thiophene rings is 1. The van der Waals surface area contributed by atoms with E-state index in [0.717, 1.165) is 27.5 Å². The van der Waals surface area contributed by atoms with Crippen molar-refractivity contribution in [3.05, 3.63) is 57.2 Å². The summed E-state index contributed by atoms with van der Waals surface area (Å²) in [6.07, 6.45) is 0. The van der Waals surface area contributed by atoms with Crippen molar-refractivity contribution in [3.8, 4) is 10.6 Å². The topological polar surface area (TPSA) is 42.0 Å². The maximum absolute atomic E-state index is 12.4. The van der Waals surface area contributed by atoms with Crippen LogP contribution in [0.4, 0.5) is 5.69 Å². The Labute approximate surface area is 131 Å². The molecule has 5 heteroatoms. The fourth-order valence-electron chi connectivity index (χ4n) is 2.01. The fourth-order valence-corrected chi connectivity index (χ4v) is 3.68. The number of aromatic nitrogens is 1. The van der Waals surface area contributed by atoms with Crippen molar-refractivity contribution in [2.75, 3.05) is 5.32 Å². The number of aryl methyl sites for hydroxylation is 2. The lowest BCUT2D eigenvalue weighted by molar-refractivity contribution is 0.102. The maximum Gasteiger partial charge on any atom is 0.267 e. The van der Waals surface area contributed by atoms with Gasteiger partial charge in [-0.1, -0.05) is 18.2 Å². The van der Waals surface area contributed by atoms with Crippen LogP contribution in [-0.4, -0.2) is 10.9 Å². The first kappa shape index (κ1) is 14.0. The Morgan fingerprint density at radius 1 is 1.19 bits per heavy atom. The van der Waals surface area contributed by atoms with Gasteiger partial charge in [0.2, 0.25) is 0 Å². The van der Waals surface area contributed by atoms with Crippen LogP contribution in [0.2, 0.25) is 0 Å². The highest BCUT2D eigenvalue weighted by Crippen LogP contribution is 2.30. The molecule has 0 spiro atoms. The van der Waals surface area contributed by atoms with Crippen LogP contribution >= 0.6 is 22.7 Å². The third kappa shape index (κ3) is 2.89. The summed E-state index contributed by atoms with van der Waals surface area (Å²) in [5.74, 6) is -0.0965. The van der Waals surface area contributed by atoms with Gasteiger partial charge in [0.25, 0.3) is 5.91 Å². The molecule has 0 aliphatic carbocycles. The monoisotopic (exact) mass is 314 g/mol. The largest absolute Gasteiger partial charge is 0.321 e. The number of carbonyl (C=O) groups excluding carboxylic acids is 1. The van der Waals surface area contributed by atoms with Crippen LogP contribution in [0.5, 0.6) is 0 Å². The van der Waals surface area contributed by atoms with Crippen molar-refractivity contribution in [2.45, 2.75) is 13.8 Å². The molecule has 0 aliphatic heterocycles. The molecule has 2 heterocycles. The van der Waals surface area contributed by atoms with Crippen molar-refractivity contribution >= 4 is 34.3 Å². The average Bonchev–Trinajstić information content (AvgIpc) is 3.10. The zero-order valence-electron chi connectivity index (χ0n) is 11.7. The van der Waals surface area contributed by atoms with Gasteiger partial charge in [0.1, 0.15) is 9.88 Å². The van der Waals surface area contributed by atoms with E-state index in [9.17, 15) is 4.79 Å². The molecular weight excluding hydrogens is 300 g/mol. The van der Waals surface area contributed by atoms with Gasteiger partial charge in [-0.2, -0.15) is 11.3 Å². The second-order valence-corrected chi connectivity index (χ2v) is 6.49. The maximum atomic E-state index is 12.4. The summed E-state index contributed by atoms with van der Waals surface area (Å²) in [6, 6.07) is 9.78. The molecule has 0 atom stereocenters. The molecule has 3 rings (SSSR count). The van der Waals surface area contributed by atoms with E-state index in [2.05, 4.69) is 10.3 Å². The fraction of sp³-hybridized carbons (Fsp3) is 0.125. The molecule has 0 fully saturated rings. The number of rotatable bonds is 3. The lowest BCUT2D eigenvalue weighted by Crippen LogP contribution is -2.12. The SMILES string of the molecule is Cc1ccccc1NC(=O)c1sc(-c2ccsc2)nc1C. The summed E-state index contributed by atoms with van der Waals surface area (Å²) >= 11 is 3.06. The van der Waals surface area contributed by atoms with Crippen molar-refractivity contribution in [2.24, 2.45) is 0 Å². The van der Waals surface area contributed by atoms with Crippen molar-refractivity contribution < 1.29 is 4.79 Å². The quantitative estimate of drug-likeness (QED) is 0.758. The number of carbonyl (C=O) groups is 1. The highest BCUT2D eigenvalue weighted by atomic mass is 32.1. The van der Waals surface area contributed by atoms with Crippen molar-refractivity contribution in [1.82, 2.24) is 4.98 Å². The third-order valence-corrected chi connectivity index (χ3v) is 5.05. The Morgan fingerprint density at radius 2 is 2.00 bits per heavy atom. The van der Waals surface area contributed by atoms with Gasteiger partial charge in [0.15, 0.2) is 0 Å². The van der Waals surface area contributed by atoms with Crippen LogP contribution in [-0.2, 0) is 0 Å². The number of anilines is 1. The van der Waals surface area contributed by atoms with E-state index in [4.69, 9.17) is 0 Å². The van der Waals surface area contributed by atoms with Gasteiger partial charge >= 0.3 is 0 Å². The number of para-hydroxylation sites is 1. The minimum Gasteiger partial charge on any atom is -0.321 e. The molecule has 1 aromatic carbocycles. The van der Waals surface area contributed by atoms with E-state index in [0.29, 0.717) is 4.88 Å². The van der Waals surface area contributed by atoms with Crippen LogP contribution < -0.4 is 5.32 Å². The molecule has 0 saturated carbocycles. The summed E-state index contributed by atoms with van der Waals surface area (Å²) in [5.41, 5.74) is 3.73. The van der Waals surface area contributed by atoms with Crippen LogP contribution in [0.15, 0.2) is 41.1 Å². The summed E-state index contributed by atoms with van der Waals surface area (Å²) < 4.78 is 0. The van der Waals surface area contributed by atoms with E-state index in [1.54, 1.807) is 11.3 Å². The van der Waals surface area contributed by atoms with Crippen LogP contribution in [0.25, 0.3) is 10.6 Å². The Hall–Kier alpha value is -1.98. The number of nitrogens with one attached hydrogen (secondary N) is 1. The molecule has 0 bridgehead atoms. The van der Waals surface area contributed by atoms with Gasteiger partial charge in [-0.05, 0) is 36.9 Å². The minimum absolute atomic E-state index is 0.0965. The molecule has 21 heavy (non-hydrogen) atoms. The lowest BCUT2D eigenvalue weighted by Gasteiger charge is -2.06. The van der Waals surface area contributed by atoms with E-state index in [-0.39, 0.29) is 5.91 Å². The zero-order valence-corrected chi connectivity index (χ0v) is 13.3. The van der Waals surface area contributed by atoms with Gasteiger partial charge in [0, 0.05) is 16.6 Å². The normalized spacial score (nSPS) is 10.6. The zero-order chi connectivity index (χ0) is 14.8. The number of hydrogen-bond donors (Lipinski definition) is 1. The molecule has 1 amide bonds. The Balaban J connectivity index is 1.87. The van der Waals surface area contributed by atoms with E-state index < -0.39 is 0 Å². The third-order valence-electron chi connectivity index (χ3n) is 3.16. The van der Waals surface area contributed by atoms with Gasteiger partial charge in [0.05, 0.1) is 5.69 Å². The van der Waals surface area contributed by atoms with Gasteiger partial charge in [-0.15, -0.1) is 11.3 Å². The molecule has 106 valence electrons. The summed E-state index contributed by atoms with van der Waals surface area (Å²) in [7, 11) is 0. The molecule has 2 aromatic heterocycles. The molecule has 3 aromatic rings. The molecule has 0 radical (unpaired) electrons. The summed E-state index contributed by atoms with van der Waals surface area (Å²) in [6.45, 7) is 3.85. The molecular formula is C16H14N2OS2. The number of amides is 1. The van der Waals surface area contributed by atoms with Gasteiger partial charge in [-0.3, -0.25) is 4.79 Å². The van der Waals surface area contributed by atoms with Crippen LogP contribution in [0, 0.1) is 13.8 Å².